The maximum absolute atomic E-state index is 6.51. The van der Waals surface area contributed by atoms with Crippen molar-refractivity contribution in [3.05, 3.63) is 67.6 Å². The van der Waals surface area contributed by atoms with Crippen LogP contribution in [0.25, 0.3) is 0 Å². The summed E-state index contributed by atoms with van der Waals surface area (Å²) in [7, 11) is 0. The fraction of sp³-hybridized carbons (Fsp3) is 0.143. The summed E-state index contributed by atoms with van der Waals surface area (Å²) in [5.74, 6) is 0. The second-order valence-corrected chi connectivity index (χ2v) is 6.10. The Kier molecular flexibility index (Phi) is 4.60. The van der Waals surface area contributed by atoms with E-state index in [4.69, 9.17) is 34.8 Å². The fourth-order valence-electron chi connectivity index (χ4n) is 1.75. The number of hydrogen-bond acceptors (Lipinski definition) is 0. The predicted octanol–water partition coefficient (Wildman–Crippen LogP) is 6.39. The largest absolute Gasteiger partial charge is 0.113 e. The zero-order chi connectivity index (χ0) is 13.3. The first-order valence-corrected chi connectivity index (χ1v) is 7.33. The maximum Gasteiger partial charge on any atom is 0.0838 e. The van der Waals surface area contributed by atoms with Crippen molar-refractivity contribution in [3.8, 4) is 0 Å². The minimum atomic E-state index is -0.239. The second-order valence-electron chi connectivity index (χ2n) is 3.99. The topological polar surface area (TPSA) is 0 Å². The lowest BCUT2D eigenvalue weighted by atomic mass is 10.0. The molecule has 0 N–H and O–H groups in total. The molecular formula is C14H10BrCl3. The Bertz CT molecular complexity index is 581. The highest BCUT2D eigenvalue weighted by molar-refractivity contribution is 9.10. The van der Waals surface area contributed by atoms with Crippen LogP contribution in [0, 0.1) is 6.92 Å². The molecule has 4 heteroatoms. The van der Waals surface area contributed by atoms with Gasteiger partial charge in [-0.1, -0.05) is 57.3 Å². The lowest BCUT2D eigenvalue weighted by Gasteiger charge is -2.15. The summed E-state index contributed by atoms with van der Waals surface area (Å²) in [6, 6.07) is 11.5. The average molecular weight is 364 g/mol. The highest BCUT2D eigenvalue weighted by Crippen LogP contribution is 2.36. The van der Waals surface area contributed by atoms with Crippen LogP contribution < -0.4 is 0 Å². The Labute approximate surface area is 130 Å². The van der Waals surface area contributed by atoms with E-state index in [1.807, 2.05) is 37.3 Å². The number of benzene rings is 2. The van der Waals surface area contributed by atoms with Gasteiger partial charge in [-0.2, -0.15) is 0 Å². The molecule has 2 aromatic carbocycles. The van der Waals surface area contributed by atoms with Gasteiger partial charge in [-0.15, -0.1) is 11.6 Å². The molecule has 0 aromatic heterocycles. The van der Waals surface area contributed by atoms with E-state index in [-0.39, 0.29) is 5.38 Å². The third-order valence-corrected chi connectivity index (χ3v) is 4.90. The summed E-state index contributed by atoms with van der Waals surface area (Å²) < 4.78 is 1.05. The molecule has 94 valence electrons. The van der Waals surface area contributed by atoms with E-state index < -0.39 is 0 Å². The van der Waals surface area contributed by atoms with E-state index in [0.29, 0.717) is 10.0 Å². The Hall–Kier alpha value is -0.210. The maximum atomic E-state index is 6.51. The van der Waals surface area contributed by atoms with Crippen molar-refractivity contribution in [1.29, 1.82) is 0 Å². The normalized spacial score (nSPS) is 12.5. The molecule has 2 rings (SSSR count). The molecule has 1 unspecified atom stereocenters. The Balaban J connectivity index is 2.44. The first-order valence-electron chi connectivity index (χ1n) is 5.34. The van der Waals surface area contributed by atoms with Gasteiger partial charge < -0.3 is 0 Å². The van der Waals surface area contributed by atoms with Crippen molar-refractivity contribution < 1.29 is 0 Å². The van der Waals surface area contributed by atoms with E-state index in [2.05, 4.69) is 15.9 Å². The summed E-state index contributed by atoms with van der Waals surface area (Å²) in [6.07, 6.45) is 0. The molecule has 1 atom stereocenters. The zero-order valence-electron chi connectivity index (χ0n) is 9.55. The lowest BCUT2D eigenvalue weighted by molar-refractivity contribution is 1.10. The highest BCUT2D eigenvalue weighted by Gasteiger charge is 2.15. The van der Waals surface area contributed by atoms with Gasteiger partial charge in [0.2, 0.25) is 0 Å². The summed E-state index contributed by atoms with van der Waals surface area (Å²) >= 11 is 21.9. The van der Waals surface area contributed by atoms with Crippen LogP contribution in [0.1, 0.15) is 22.1 Å². The molecule has 0 radical (unpaired) electrons. The predicted molar refractivity (Wildman–Crippen MR) is 83.0 cm³/mol. The zero-order valence-corrected chi connectivity index (χ0v) is 13.4. The molecule has 0 bridgehead atoms. The summed E-state index contributed by atoms with van der Waals surface area (Å²) in [5.41, 5.74) is 3.13. The molecule has 0 amide bonds. The van der Waals surface area contributed by atoms with Crippen LogP contribution in [-0.4, -0.2) is 0 Å². The van der Waals surface area contributed by atoms with Crippen LogP contribution >= 0.6 is 50.7 Å². The molecule has 0 saturated heterocycles. The number of rotatable bonds is 2. The van der Waals surface area contributed by atoms with E-state index >= 15 is 0 Å². The van der Waals surface area contributed by atoms with Gasteiger partial charge >= 0.3 is 0 Å². The van der Waals surface area contributed by atoms with Gasteiger partial charge in [-0.3, -0.25) is 0 Å². The molecule has 0 saturated carbocycles. The number of halogens is 4. The molecular weight excluding hydrogens is 354 g/mol. The van der Waals surface area contributed by atoms with Gasteiger partial charge in [-0.25, -0.2) is 0 Å². The second kappa shape index (κ2) is 5.83. The molecule has 18 heavy (non-hydrogen) atoms. The molecule has 0 fully saturated rings. The van der Waals surface area contributed by atoms with Gasteiger partial charge in [0.05, 0.1) is 15.4 Å². The standard InChI is InChI=1S/C14H10BrCl3/c1-8-10(3-2-4-11(8)15)14(18)9-5-6-12(16)13(17)7-9/h2-7,14H,1H3. The van der Waals surface area contributed by atoms with Crippen molar-refractivity contribution >= 4 is 50.7 Å². The third kappa shape index (κ3) is 2.85. The van der Waals surface area contributed by atoms with Crippen LogP contribution in [0.3, 0.4) is 0 Å². The van der Waals surface area contributed by atoms with Gasteiger partial charge in [0.15, 0.2) is 0 Å². The van der Waals surface area contributed by atoms with Crippen LogP contribution in [0.4, 0.5) is 0 Å². The minimum Gasteiger partial charge on any atom is -0.113 e. The quantitative estimate of drug-likeness (QED) is 0.541. The number of alkyl halides is 1. The smallest absolute Gasteiger partial charge is 0.0838 e. The van der Waals surface area contributed by atoms with Crippen LogP contribution in [0.5, 0.6) is 0 Å². The van der Waals surface area contributed by atoms with Crippen LogP contribution in [0.15, 0.2) is 40.9 Å². The molecule has 0 aliphatic heterocycles. The minimum absolute atomic E-state index is 0.239. The van der Waals surface area contributed by atoms with Crippen molar-refractivity contribution in [3.63, 3.8) is 0 Å². The molecule has 0 nitrogen and oxygen atoms in total. The first-order chi connectivity index (χ1) is 8.50. The Morgan fingerprint density at radius 1 is 1.06 bits per heavy atom. The van der Waals surface area contributed by atoms with Crippen molar-refractivity contribution in [2.75, 3.05) is 0 Å². The van der Waals surface area contributed by atoms with E-state index in [0.717, 1.165) is 21.2 Å². The van der Waals surface area contributed by atoms with Crippen molar-refractivity contribution in [2.24, 2.45) is 0 Å². The van der Waals surface area contributed by atoms with E-state index in [1.165, 1.54) is 0 Å². The first kappa shape index (κ1) is 14.2. The third-order valence-electron chi connectivity index (χ3n) is 2.82. The molecule has 0 aliphatic rings. The molecule has 0 spiro atoms. The summed E-state index contributed by atoms with van der Waals surface area (Å²) in [5, 5.41) is 0.819. The summed E-state index contributed by atoms with van der Waals surface area (Å²) in [6.45, 7) is 2.03. The Morgan fingerprint density at radius 2 is 1.78 bits per heavy atom. The number of hydrogen-bond donors (Lipinski definition) is 0. The lowest BCUT2D eigenvalue weighted by Crippen LogP contribution is -1.97. The van der Waals surface area contributed by atoms with Gasteiger partial charge in [-0.05, 0) is 41.8 Å². The van der Waals surface area contributed by atoms with Gasteiger partial charge in [0.25, 0.3) is 0 Å². The van der Waals surface area contributed by atoms with Crippen LogP contribution in [-0.2, 0) is 0 Å². The van der Waals surface area contributed by atoms with E-state index in [9.17, 15) is 0 Å². The fourth-order valence-corrected chi connectivity index (χ4v) is 2.81. The molecule has 0 heterocycles. The SMILES string of the molecule is Cc1c(Br)cccc1C(Cl)c1ccc(Cl)c(Cl)c1. The molecule has 2 aromatic rings. The average Bonchev–Trinajstić information content (AvgIpc) is 2.35. The van der Waals surface area contributed by atoms with Crippen LogP contribution in [0.2, 0.25) is 10.0 Å². The summed E-state index contributed by atoms with van der Waals surface area (Å²) in [4.78, 5) is 0. The van der Waals surface area contributed by atoms with Gasteiger partial charge in [0.1, 0.15) is 0 Å². The van der Waals surface area contributed by atoms with Gasteiger partial charge in [0, 0.05) is 4.47 Å². The van der Waals surface area contributed by atoms with E-state index in [1.54, 1.807) is 6.07 Å². The monoisotopic (exact) mass is 362 g/mol. The Morgan fingerprint density at radius 3 is 2.44 bits per heavy atom. The van der Waals surface area contributed by atoms with Crippen molar-refractivity contribution in [1.82, 2.24) is 0 Å². The molecule has 0 aliphatic carbocycles. The highest BCUT2D eigenvalue weighted by atomic mass is 79.9. The van der Waals surface area contributed by atoms with Crippen molar-refractivity contribution in [2.45, 2.75) is 12.3 Å².